The second kappa shape index (κ2) is 8.73. The van der Waals surface area contributed by atoms with Gasteiger partial charge < -0.3 is 34.3 Å². The van der Waals surface area contributed by atoms with Crippen molar-refractivity contribution in [3.63, 3.8) is 0 Å². The Kier molecular flexibility index (Phi) is 5.17. The molecule has 0 unspecified atom stereocenters. The molecule has 0 aliphatic carbocycles. The lowest BCUT2D eigenvalue weighted by atomic mass is 9.86. The van der Waals surface area contributed by atoms with Gasteiger partial charge in [0, 0.05) is 37.1 Å². The summed E-state index contributed by atoms with van der Waals surface area (Å²) in [6.45, 7) is 1.03. The summed E-state index contributed by atoms with van der Waals surface area (Å²) in [4.78, 5) is 4.85. The van der Waals surface area contributed by atoms with Gasteiger partial charge in [0.2, 0.25) is 5.75 Å². The van der Waals surface area contributed by atoms with Gasteiger partial charge >= 0.3 is 0 Å². The smallest absolute Gasteiger partial charge is 0.212 e. The Bertz CT molecular complexity index is 1780. The fraction of sp³-hybridized carbons (Fsp3) is 0.242. The Balaban J connectivity index is 1.34. The van der Waals surface area contributed by atoms with Gasteiger partial charge in [-0.15, -0.1) is 0 Å². The second-order valence-corrected chi connectivity index (χ2v) is 11.5. The SMILES string of the molecule is C[N@+]1([O-])CCc2cc(O)c3c4c2[C@@H]1Cc1ccc(cc1)Oc1cc(ccc1O)CC1=NCCc2cc(c(cc21)O4)O3. The van der Waals surface area contributed by atoms with E-state index >= 15 is 0 Å². The number of nitrogens with zero attached hydrogens (tertiary/aromatic N) is 2. The van der Waals surface area contributed by atoms with E-state index in [0.717, 1.165) is 45.5 Å². The van der Waals surface area contributed by atoms with E-state index in [2.05, 4.69) is 0 Å². The van der Waals surface area contributed by atoms with Crippen molar-refractivity contribution in [1.29, 1.82) is 0 Å². The lowest BCUT2D eigenvalue weighted by molar-refractivity contribution is -0.894. The first-order chi connectivity index (χ1) is 19.8. The summed E-state index contributed by atoms with van der Waals surface area (Å²) in [6, 6.07) is 18.1. The van der Waals surface area contributed by atoms with Gasteiger partial charge in [0.1, 0.15) is 11.8 Å². The highest BCUT2D eigenvalue weighted by atomic mass is 16.6. The number of hydrogen-bond acceptors (Lipinski definition) is 7. The van der Waals surface area contributed by atoms with Crippen LogP contribution in [0.1, 0.15) is 39.4 Å². The number of aliphatic imine (C=N–C) groups is 1. The minimum absolute atomic E-state index is 0.0110. The molecular weight excluding hydrogens is 520 g/mol. The number of benzene rings is 4. The van der Waals surface area contributed by atoms with Gasteiger partial charge in [-0.25, -0.2) is 0 Å². The van der Waals surface area contributed by atoms with E-state index < -0.39 is 10.7 Å². The van der Waals surface area contributed by atoms with Crippen molar-refractivity contribution in [3.05, 3.63) is 99.3 Å². The molecule has 0 saturated heterocycles. The fourth-order valence-corrected chi connectivity index (χ4v) is 6.52. The molecule has 9 rings (SSSR count). The average Bonchev–Trinajstić information content (AvgIpc) is 2.95. The van der Waals surface area contributed by atoms with Gasteiger partial charge in [0.25, 0.3) is 0 Å². The van der Waals surface area contributed by atoms with Crippen molar-refractivity contribution < 1.29 is 29.1 Å². The fourth-order valence-electron chi connectivity index (χ4n) is 6.52. The number of phenols is 2. The number of hydrogen-bond donors (Lipinski definition) is 2. The van der Waals surface area contributed by atoms with Gasteiger partial charge in [0.05, 0.1) is 19.2 Å². The molecule has 0 amide bonds. The number of ether oxygens (including phenoxy) is 3. The summed E-state index contributed by atoms with van der Waals surface area (Å²) in [6.07, 6.45) is 2.29. The Labute approximate surface area is 236 Å². The molecule has 7 bridgehead atoms. The van der Waals surface area contributed by atoms with Crippen LogP contribution in [-0.4, -0.2) is 40.7 Å². The molecule has 0 spiro atoms. The third-order valence-corrected chi connectivity index (χ3v) is 8.72. The molecule has 0 aromatic heterocycles. The highest BCUT2D eigenvalue weighted by molar-refractivity contribution is 6.04. The number of aromatic hydroxyl groups is 2. The minimum Gasteiger partial charge on any atom is -0.633 e. The predicted molar refractivity (Wildman–Crippen MR) is 153 cm³/mol. The van der Waals surface area contributed by atoms with E-state index in [1.54, 1.807) is 19.2 Å². The summed E-state index contributed by atoms with van der Waals surface area (Å²) in [5.74, 6) is 2.76. The van der Waals surface area contributed by atoms with Crippen LogP contribution in [0.25, 0.3) is 0 Å². The summed E-state index contributed by atoms with van der Waals surface area (Å²) >= 11 is 0. The molecule has 2 N–H and O–H groups in total. The van der Waals surface area contributed by atoms with E-state index in [1.165, 1.54) is 0 Å². The van der Waals surface area contributed by atoms with Crippen LogP contribution in [0.2, 0.25) is 0 Å². The van der Waals surface area contributed by atoms with E-state index in [-0.39, 0.29) is 17.2 Å². The number of hydroxylamine groups is 3. The molecular formula is C33H28N2O6. The lowest BCUT2D eigenvalue weighted by Gasteiger charge is -2.49. The van der Waals surface area contributed by atoms with Crippen LogP contribution in [0.3, 0.4) is 0 Å². The first-order valence-electron chi connectivity index (χ1n) is 13.9. The first-order valence-corrected chi connectivity index (χ1v) is 13.9. The predicted octanol–water partition coefficient (Wildman–Crippen LogP) is 6.47. The minimum atomic E-state index is -0.473. The molecule has 4 aromatic carbocycles. The Morgan fingerprint density at radius 1 is 0.805 bits per heavy atom. The number of rotatable bonds is 0. The maximum absolute atomic E-state index is 13.9. The molecule has 41 heavy (non-hydrogen) atoms. The van der Waals surface area contributed by atoms with Gasteiger partial charge in [0.15, 0.2) is 34.5 Å². The van der Waals surface area contributed by atoms with Crippen LogP contribution >= 0.6 is 0 Å². The van der Waals surface area contributed by atoms with Crippen LogP contribution in [0.5, 0.6) is 46.0 Å². The molecule has 5 heterocycles. The monoisotopic (exact) mass is 548 g/mol. The maximum atomic E-state index is 13.9. The number of phenolic OH excluding ortho intramolecular Hbond substituents is 2. The second-order valence-electron chi connectivity index (χ2n) is 11.5. The largest absolute Gasteiger partial charge is 0.633 e. The molecule has 0 fully saturated rings. The molecule has 2 atom stereocenters. The lowest BCUT2D eigenvalue weighted by Crippen LogP contribution is -2.47. The third kappa shape index (κ3) is 3.94. The molecule has 4 aromatic rings. The van der Waals surface area contributed by atoms with Crippen LogP contribution in [0.15, 0.2) is 65.7 Å². The quantitative estimate of drug-likeness (QED) is 0.170. The Morgan fingerprint density at radius 2 is 1.59 bits per heavy atom. The summed E-state index contributed by atoms with van der Waals surface area (Å²) in [5, 5.41) is 35.5. The van der Waals surface area contributed by atoms with Crippen molar-refractivity contribution in [3.8, 4) is 46.0 Å². The average molecular weight is 549 g/mol. The molecule has 206 valence electrons. The Hall–Kier alpha value is -4.53. The maximum Gasteiger partial charge on any atom is 0.212 e. The normalized spacial score (nSPS) is 21.6. The van der Waals surface area contributed by atoms with E-state index in [9.17, 15) is 15.4 Å². The van der Waals surface area contributed by atoms with Crippen molar-refractivity contribution in [2.24, 2.45) is 4.99 Å². The topological polar surface area (TPSA) is 104 Å². The van der Waals surface area contributed by atoms with E-state index in [1.807, 2.05) is 48.5 Å². The van der Waals surface area contributed by atoms with Crippen LogP contribution in [-0.2, 0) is 25.7 Å². The molecule has 5 aliphatic heterocycles. The van der Waals surface area contributed by atoms with Crippen molar-refractivity contribution in [2.75, 3.05) is 20.1 Å². The Morgan fingerprint density at radius 3 is 2.44 bits per heavy atom. The third-order valence-electron chi connectivity index (χ3n) is 8.72. The van der Waals surface area contributed by atoms with Gasteiger partial charge in [-0.05, 0) is 71.1 Å². The summed E-state index contributed by atoms with van der Waals surface area (Å²) in [7, 11) is 1.70. The highest BCUT2D eigenvalue weighted by Crippen LogP contribution is 2.56. The van der Waals surface area contributed by atoms with Gasteiger partial charge in [-0.3, -0.25) is 4.99 Å². The summed E-state index contributed by atoms with van der Waals surface area (Å²) in [5.41, 5.74) is 6.56. The highest BCUT2D eigenvalue weighted by Gasteiger charge is 2.40. The van der Waals surface area contributed by atoms with Crippen molar-refractivity contribution in [2.45, 2.75) is 31.7 Å². The van der Waals surface area contributed by atoms with E-state index in [4.69, 9.17) is 19.2 Å². The molecule has 5 aliphatic rings. The number of fused-ring (bicyclic) bond motifs is 2. The van der Waals surface area contributed by atoms with Gasteiger partial charge in [-0.2, -0.15) is 0 Å². The number of likely N-dealkylation sites (N-methyl/N-ethyl adjacent to an activating group) is 1. The molecule has 0 radical (unpaired) electrons. The standard InChI is InChI=1S/C33H28N2O6/c1-35(38)11-9-21-15-27(37)32-33-31(21)25(35)13-18-2-5-22(6-3-18)39-28-14-19(4-7-26(28)36)12-24-23-17-30(41-33)29(40-32)16-20(23)8-10-34-24/h2-7,14-17,25,36-37H,8-13H2,1H3/t25-,35-/m0/s1. The van der Waals surface area contributed by atoms with Crippen LogP contribution in [0, 0.1) is 5.21 Å². The number of quaternary nitrogens is 1. The summed E-state index contributed by atoms with van der Waals surface area (Å²) < 4.78 is 18.5. The zero-order valence-electron chi connectivity index (χ0n) is 22.5. The van der Waals surface area contributed by atoms with Crippen LogP contribution < -0.4 is 14.2 Å². The first kappa shape index (κ1) is 24.3. The van der Waals surface area contributed by atoms with Crippen molar-refractivity contribution >= 4 is 5.71 Å². The molecule has 0 saturated carbocycles. The van der Waals surface area contributed by atoms with Crippen LogP contribution in [0.4, 0.5) is 0 Å². The van der Waals surface area contributed by atoms with Crippen molar-refractivity contribution in [1.82, 2.24) is 0 Å². The molecule has 8 nitrogen and oxygen atoms in total. The van der Waals surface area contributed by atoms with Gasteiger partial charge in [-0.1, -0.05) is 18.2 Å². The van der Waals surface area contributed by atoms with E-state index in [0.29, 0.717) is 61.1 Å². The zero-order valence-corrected chi connectivity index (χ0v) is 22.5. The zero-order chi connectivity index (χ0) is 27.9. The molecule has 8 heteroatoms.